The van der Waals surface area contributed by atoms with E-state index in [1.54, 1.807) is 0 Å². The van der Waals surface area contributed by atoms with Crippen molar-refractivity contribution in [3.63, 3.8) is 0 Å². The molecule has 1 heteroatoms. The van der Waals surface area contributed by atoms with E-state index in [0.717, 1.165) is 25.7 Å². The molecule has 0 nitrogen and oxygen atoms in total. The van der Waals surface area contributed by atoms with E-state index in [0.29, 0.717) is 0 Å². The summed E-state index contributed by atoms with van der Waals surface area (Å²) in [7, 11) is 0. The van der Waals surface area contributed by atoms with Gasteiger partial charge < -0.3 is 23.3 Å². The number of hydrogen-bond donors (Lipinski definition) is 0. The van der Waals surface area contributed by atoms with Crippen LogP contribution in [0.2, 0.25) is 0 Å². The molecule has 0 heterocycles. The summed E-state index contributed by atoms with van der Waals surface area (Å²) in [5.41, 5.74) is 5.78. The Labute approximate surface area is 210 Å². The van der Waals surface area contributed by atoms with Crippen LogP contribution in [0.5, 0.6) is 0 Å². The Kier molecular flexibility index (Phi) is 15.8. The SMILES string of the molecule is CCCC[C-]=C1Cc2ccccc2CC1=[C-]CCCC.[Zr+4].c1cc[cH-]c1.c1cc[cH-]c1. The number of fused-ring (bicyclic) bond motifs is 1. The van der Waals surface area contributed by atoms with Crippen molar-refractivity contribution in [2.45, 2.75) is 65.2 Å². The Hall–Kier alpha value is -1.72. The van der Waals surface area contributed by atoms with Gasteiger partial charge in [-0.25, -0.2) is 24.3 Å². The Morgan fingerprint density at radius 2 is 1.03 bits per heavy atom. The summed E-state index contributed by atoms with van der Waals surface area (Å²) in [6.07, 6.45) is 16.6. The summed E-state index contributed by atoms with van der Waals surface area (Å²) in [6, 6.07) is 28.8. The fourth-order valence-corrected chi connectivity index (χ4v) is 3.31. The van der Waals surface area contributed by atoms with Crippen molar-refractivity contribution in [2.24, 2.45) is 0 Å². The molecule has 0 bridgehead atoms. The molecule has 0 saturated carbocycles. The molecular formula is C30H36Zr. The number of allylic oxidation sites excluding steroid dienone is 4. The maximum absolute atomic E-state index is 3.66. The fraction of sp³-hybridized carbons (Fsp3) is 0.333. The minimum atomic E-state index is 0. The smallest absolute Gasteiger partial charge is 0.373 e. The van der Waals surface area contributed by atoms with Crippen LogP contribution in [0.4, 0.5) is 0 Å². The Balaban J connectivity index is 0.000000356. The first-order valence-electron chi connectivity index (χ1n) is 11.4. The predicted molar refractivity (Wildman–Crippen MR) is 130 cm³/mol. The van der Waals surface area contributed by atoms with Gasteiger partial charge in [0.1, 0.15) is 0 Å². The van der Waals surface area contributed by atoms with Gasteiger partial charge in [-0.05, 0) is 0 Å². The van der Waals surface area contributed by atoms with Crippen molar-refractivity contribution in [3.8, 4) is 0 Å². The molecule has 0 aliphatic heterocycles. The van der Waals surface area contributed by atoms with E-state index in [2.05, 4.69) is 50.3 Å². The molecule has 0 spiro atoms. The van der Waals surface area contributed by atoms with Crippen LogP contribution in [0.15, 0.2) is 96.1 Å². The molecule has 0 fully saturated rings. The standard InChI is InChI=1S/C20H26.2C5H5.Zr/c1-3-5-7-11-17-15-19-13-9-10-14-20(19)16-18(17)12-8-6-4-2;2*1-2-4-5-3-1;/h9-10,13-14H,3-8,15-16H2,1-2H3;2*1-5H;/q-2;2*-1;+4. The third-order valence-electron chi connectivity index (χ3n) is 5.07. The zero-order valence-electron chi connectivity index (χ0n) is 19.2. The van der Waals surface area contributed by atoms with Crippen molar-refractivity contribution >= 4 is 0 Å². The molecule has 0 amide bonds. The summed E-state index contributed by atoms with van der Waals surface area (Å²) in [6.45, 7) is 4.49. The van der Waals surface area contributed by atoms with Gasteiger partial charge in [-0.3, -0.25) is 0 Å². The second-order valence-electron chi connectivity index (χ2n) is 7.56. The largest absolute Gasteiger partial charge is 4.00 e. The van der Waals surface area contributed by atoms with Crippen LogP contribution < -0.4 is 0 Å². The number of rotatable bonds is 6. The van der Waals surface area contributed by atoms with E-state index in [1.165, 1.54) is 48.0 Å². The minimum absolute atomic E-state index is 0. The number of unbranched alkanes of at least 4 members (excludes halogenated alkanes) is 4. The molecule has 0 unspecified atom stereocenters. The van der Waals surface area contributed by atoms with Gasteiger partial charge in [0.05, 0.1) is 0 Å². The Morgan fingerprint density at radius 1 is 0.645 bits per heavy atom. The van der Waals surface area contributed by atoms with Crippen molar-refractivity contribution < 1.29 is 26.2 Å². The molecule has 3 aromatic carbocycles. The third kappa shape index (κ3) is 11.5. The summed E-state index contributed by atoms with van der Waals surface area (Å²) in [4.78, 5) is 0. The van der Waals surface area contributed by atoms with Crippen LogP contribution in [0.1, 0.15) is 63.5 Å². The van der Waals surface area contributed by atoms with Crippen LogP contribution in [0, 0.1) is 12.2 Å². The summed E-state index contributed by atoms with van der Waals surface area (Å²) in [5.74, 6) is 0. The average molecular weight is 488 g/mol. The van der Waals surface area contributed by atoms with Gasteiger partial charge in [0.25, 0.3) is 0 Å². The monoisotopic (exact) mass is 486 g/mol. The van der Waals surface area contributed by atoms with Crippen molar-refractivity contribution in [3.05, 3.63) is 119 Å². The van der Waals surface area contributed by atoms with Gasteiger partial charge in [-0.15, -0.1) is 25.7 Å². The summed E-state index contributed by atoms with van der Waals surface area (Å²) >= 11 is 0. The van der Waals surface area contributed by atoms with Crippen LogP contribution >= 0.6 is 0 Å². The zero-order chi connectivity index (χ0) is 21.3. The first kappa shape index (κ1) is 27.3. The van der Waals surface area contributed by atoms with Crippen molar-refractivity contribution in [1.29, 1.82) is 0 Å². The van der Waals surface area contributed by atoms with Gasteiger partial charge in [0.2, 0.25) is 0 Å². The van der Waals surface area contributed by atoms with E-state index in [9.17, 15) is 0 Å². The summed E-state index contributed by atoms with van der Waals surface area (Å²) in [5, 5.41) is 0. The molecule has 0 radical (unpaired) electrons. The van der Waals surface area contributed by atoms with Gasteiger partial charge in [-0.2, -0.15) is 36.4 Å². The topological polar surface area (TPSA) is 0 Å². The maximum Gasteiger partial charge on any atom is 4.00 e. The second kappa shape index (κ2) is 17.9. The quantitative estimate of drug-likeness (QED) is 0.242. The predicted octanol–water partition coefficient (Wildman–Crippen LogP) is 8.43. The van der Waals surface area contributed by atoms with Crippen LogP contribution in [0.25, 0.3) is 0 Å². The van der Waals surface area contributed by atoms with E-state index >= 15 is 0 Å². The van der Waals surface area contributed by atoms with Gasteiger partial charge in [0, 0.05) is 0 Å². The molecule has 0 aromatic heterocycles. The van der Waals surface area contributed by atoms with Crippen molar-refractivity contribution in [1.82, 2.24) is 0 Å². The molecule has 0 saturated heterocycles. The average Bonchev–Trinajstić information content (AvgIpc) is 3.53. The molecule has 0 atom stereocenters. The van der Waals surface area contributed by atoms with Crippen LogP contribution in [0.3, 0.4) is 0 Å². The number of benzene rings is 1. The van der Waals surface area contributed by atoms with E-state index in [1.807, 2.05) is 60.7 Å². The van der Waals surface area contributed by atoms with Crippen LogP contribution in [-0.2, 0) is 39.0 Å². The Morgan fingerprint density at radius 3 is 1.32 bits per heavy atom. The molecule has 3 aromatic rings. The normalized spacial score (nSPS) is 14.5. The third-order valence-corrected chi connectivity index (χ3v) is 5.07. The number of hydrogen-bond acceptors (Lipinski definition) is 0. The molecule has 31 heavy (non-hydrogen) atoms. The van der Waals surface area contributed by atoms with E-state index in [-0.39, 0.29) is 26.2 Å². The molecule has 0 N–H and O–H groups in total. The molecule has 1 aliphatic rings. The zero-order valence-corrected chi connectivity index (χ0v) is 21.7. The molecule has 1 aliphatic carbocycles. The molecule has 160 valence electrons. The molecular weight excluding hydrogens is 452 g/mol. The first-order chi connectivity index (χ1) is 14.8. The van der Waals surface area contributed by atoms with Gasteiger partial charge in [0.15, 0.2) is 0 Å². The van der Waals surface area contributed by atoms with E-state index in [4.69, 9.17) is 0 Å². The molecule has 4 rings (SSSR count). The first-order valence-corrected chi connectivity index (χ1v) is 11.4. The van der Waals surface area contributed by atoms with Crippen molar-refractivity contribution in [2.75, 3.05) is 0 Å². The Bertz CT molecular complexity index is 714. The fourth-order valence-electron chi connectivity index (χ4n) is 3.31. The maximum atomic E-state index is 3.66. The van der Waals surface area contributed by atoms with E-state index < -0.39 is 0 Å². The van der Waals surface area contributed by atoms with Gasteiger partial charge in [-0.1, -0.05) is 74.9 Å². The van der Waals surface area contributed by atoms with Gasteiger partial charge >= 0.3 is 26.2 Å². The van der Waals surface area contributed by atoms with Crippen LogP contribution in [-0.4, -0.2) is 0 Å². The second-order valence-corrected chi connectivity index (χ2v) is 7.56. The minimum Gasteiger partial charge on any atom is -0.373 e. The summed E-state index contributed by atoms with van der Waals surface area (Å²) < 4.78 is 0.